The molecule has 7 heteroatoms. The molecule has 4 rings (SSSR count). The molecule has 0 saturated heterocycles. The summed E-state index contributed by atoms with van der Waals surface area (Å²) in [5, 5.41) is 11.8. The Hall–Kier alpha value is -2.96. The van der Waals surface area contributed by atoms with E-state index in [2.05, 4.69) is 20.1 Å². The minimum atomic E-state index is 0.162. The zero-order valence-corrected chi connectivity index (χ0v) is 13.2. The second-order valence-electron chi connectivity index (χ2n) is 5.81. The first-order chi connectivity index (χ1) is 11.7. The fourth-order valence-electron chi connectivity index (χ4n) is 2.48. The predicted octanol–water partition coefficient (Wildman–Crippen LogP) is 2.73. The number of hydrogen-bond donors (Lipinski definition) is 0. The van der Waals surface area contributed by atoms with Gasteiger partial charge in [-0.15, -0.1) is 0 Å². The zero-order valence-electron chi connectivity index (χ0n) is 13.2. The summed E-state index contributed by atoms with van der Waals surface area (Å²) in [6, 6.07) is 5.17. The molecule has 0 atom stereocenters. The van der Waals surface area contributed by atoms with Crippen LogP contribution in [-0.4, -0.2) is 25.2 Å². The van der Waals surface area contributed by atoms with E-state index in [0.29, 0.717) is 23.3 Å². The Bertz CT molecular complexity index is 874. The third kappa shape index (κ3) is 2.92. The summed E-state index contributed by atoms with van der Waals surface area (Å²) < 4.78 is 11.1. The van der Waals surface area contributed by atoms with E-state index in [0.717, 1.165) is 35.6 Å². The first-order valence-corrected chi connectivity index (χ1v) is 7.79. The summed E-state index contributed by atoms with van der Waals surface area (Å²) in [5.74, 6) is 2.55. The molecule has 0 bridgehead atoms. The number of hydrogen-bond acceptors (Lipinski definition) is 6. The van der Waals surface area contributed by atoms with Gasteiger partial charge in [-0.1, -0.05) is 5.16 Å². The Morgan fingerprint density at radius 1 is 1.25 bits per heavy atom. The van der Waals surface area contributed by atoms with E-state index in [1.54, 1.807) is 24.5 Å². The lowest BCUT2D eigenvalue weighted by atomic mass is 10.1. The van der Waals surface area contributed by atoms with Crippen molar-refractivity contribution in [2.24, 2.45) is 0 Å². The number of nitrogens with zero attached hydrogens (tertiary/aromatic N) is 4. The second kappa shape index (κ2) is 5.92. The maximum absolute atomic E-state index is 7.83. The van der Waals surface area contributed by atoms with Gasteiger partial charge >= 0.3 is 0 Å². The molecule has 24 heavy (non-hydrogen) atoms. The van der Waals surface area contributed by atoms with Crippen molar-refractivity contribution in [2.75, 3.05) is 0 Å². The molecule has 2 aromatic heterocycles. The van der Waals surface area contributed by atoms with Crippen molar-refractivity contribution >= 4 is 0 Å². The summed E-state index contributed by atoms with van der Waals surface area (Å²) in [6.07, 6.45) is 5.53. The van der Waals surface area contributed by atoms with Gasteiger partial charge in [0.25, 0.3) is 11.6 Å². The standard InChI is InChI=1S/C17H16N4O3/c1-10-16(19-7-6-18-10)13-5-4-12(22)8-14(13)23-9-15-20-17(21-24-15)11-2-3-11/h4-8,11,22H,2-3,9H2,1H3/p+1. The van der Waals surface area contributed by atoms with Crippen molar-refractivity contribution in [2.45, 2.75) is 32.3 Å². The van der Waals surface area contributed by atoms with Crippen LogP contribution in [0.3, 0.4) is 0 Å². The molecule has 0 radical (unpaired) electrons. The van der Waals surface area contributed by atoms with Gasteiger partial charge in [0.2, 0.25) is 0 Å². The van der Waals surface area contributed by atoms with Crippen LogP contribution in [0.1, 0.15) is 36.2 Å². The lowest BCUT2D eigenvalue weighted by Crippen LogP contribution is -1.99. The topological polar surface area (TPSA) is 96.8 Å². The van der Waals surface area contributed by atoms with Crippen LogP contribution < -0.4 is 4.74 Å². The largest absolute Gasteiger partial charge is 0.593 e. The Morgan fingerprint density at radius 2 is 2.08 bits per heavy atom. The van der Waals surface area contributed by atoms with Crippen LogP contribution in [0.15, 0.2) is 35.1 Å². The first kappa shape index (κ1) is 14.6. The molecule has 1 aliphatic rings. The fraction of sp³-hybridized carbons (Fsp3) is 0.294. The number of aromatic nitrogens is 4. The molecule has 0 unspecified atom stereocenters. The third-order valence-electron chi connectivity index (χ3n) is 3.90. The monoisotopic (exact) mass is 325 g/mol. The first-order valence-electron chi connectivity index (χ1n) is 7.79. The lowest BCUT2D eigenvalue weighted by molar-refractivity contribution is 0.242. The Morgan fingerprint density at radius 3 is 2.88 bits per heavy atom. The Balaban J connectivity index is 1.59. The average molecular weight is 325 g/mol. The summed E-state index contributed by atoms with van der Waals surface area (Å²) in [4.78, 5) is 13.0. The lowest BCUT2D eigenvalue weighted by Gasteiger charge is -2.10. The van der Waals surface area contributed by atoms with Gasteiger partial charge in [0.1, 0.15) is 5.75 Å². The van der Waals surface area contributed by atoms with Gasteiger partial charge in [0.05, 0.1) is 17.5 Å². The van der Waals surface area contributed by atoms with Gasteiger partial charge in [-0.25, -0.2) is 0 Å². The van der Waals surface area contributed by atoms with Crippen LogP contribution in [0.4, 0.5) is 0 Å². The quantitative estimate of drug-likeness (QED) is 0.669. The summed E-state index contributed by atoms with van der Waals surface area (Å²) >= 11 is 0. The maximum Gasteiger partial charge on any atom is 0.264 e. The molecule has 2 N–H and O–H groups in total. The van der Waals surface area contributed by atoms with Gasteiger partial charge in [-0.3, -0.25) is 9.97 Å². The molecule has 1 aliphatic carbocycles. The van der Waals surface area contributed by atoms with Gasteiger partial charge in [-0.05, 0) is 25.8 Å². The molecule has 3 aromatic rings. The van der Waals surface area contributed by atoms with Crippen molar-refractivity contribution in [3.05, 3.63) is 48.0 Å². The van der Waals surface area contributed by atoms with E-state index in [1.165, 1.54) is 0 Å². The van der Waals surface area contributed by atoms with Crippen molar-refractivity contribution in [3.63, 3.8) is 0 Å². The van der Waals surface area contributed by atoms with Gasteiger partial charge in [-0.2, -0.15) is 4.98 Å². The van der Waals surface area contributed by atoms with Crippen molar-refractivity contribution in [1.29, 1.82) is 0 Å². The molecule has 1 aromatic carbocycles. The van der Waals surface area contributed by atoms with E-state index < -0.39 is 0 Å². The molecular weight excluding hydrogens is 308 g/mol. The molecule has 1 saturated carbocycles. The van der Waals surface area contributed by atoms with Crippen molar-refractivity contribution < 1.29 is 14.4 Å². The van der Waals surface area contributed by atoms with Crippen LogP contribution in [0.25, 0.3) is 11.3 Å². The van der Waals surface area contributed by atoms with Gasteiger partial charge in [0, 0.05) is 29.9 Å². The van der Waals surface area contributed by atoms with Crippen LogP contribution in [-0.2, 0) is 6.61 Å². The summed E-state index contributed by atoms with van der Waals surface area (Å²) in [6.45, 7) is 2.05. The number of aryl methyl sites for hydroxylation is 1. The molecule has 0 aliphatic heterocycles. The number of ether oxygens (including phenoxy) is 1. The zero-order chi connectivity index (χ0) is 16.5. The van der Waals surface area contributed by atoms with E-state index >= 15 is 0 Å². The number of benzene rings is 1. The molecule has 7 nitrogen and oxygen atoms in total. The SMILES string of the molecule is Cc1nccnc1-c1ccc([OH2+])cc1OCc1nc(C2CC2)no1. The van der Waals surface area contributed by atoms with E-state index in [9.17, 15) is 0 Å². The molecule has 122 valence electrons. The molecular formula is C17H17N4O3+. The highest BCUT2D eigenvalue weighted by atomic mass is 16.5. The van der Waals surface area contributed by atoms with E-state index in [1.807, 2.05) is 13.0 Å². The van der Waals surface area contributed by atoms with Crippen LogP contribution >= 0.6 is 0 Å². The molecule has 0 amide bonds. The predicted molar refractivity (Wildman–Crippen MR) is 85.9 cm³/mol. The second-order valence-corrected chi connectivity index (χ2v) is 5.81. The van der Waals surface area contributed by atoms with Crippen LogP contribution in [0.2, 0.25) is 0 Å². The molecule has 2 heterocycles. The van der Waals surface area contributed by atoms with Gasteiger partial charge in [0.15, 0.2) is 12.4 Å². The smallest absolute Gasteiger partial charge is 0.264 e. The van der Waals surface area contributed by atoms with Crippen molar-refractivity contribution in [1.82, 2.24) is 20.1 Å². The highest BCUT2D eigenvalue weighted by Gasteiger charge is 2.28. The minimum Gasteiger partial charge on any atom is -0.593 e. The highest BCUT2D eigenvalue weighted by Crippen LogP contribution is 2.38. The maximum atomic E-state index is 7.83. The summed E-state index contributed by atoms with van der Waals surface area (Å²) in [7, 11) is 0. The third-order valence-corrected chi connectivity index (χ3v) is 3.90. The fourth-order valence-corrected chi connectivity index (χ4v) is 2.48. The van der Waals surface area contributed by atoms with E-state index in [-0.39, 0.29) is 6.61 Å². The van der Waals surface area contributed by atoms with Crippen LogP contribution in [0, 0.1) is 6.92 Å². The van der Waals surface area contributed by atoms with Crippen molar-refractivity contribution in [3.8, 4) is 22.8 Å². The average Bonchev–Trinajstić information content (AvgIpc) is 3.33. The Kier molecular flexibility index (Phi) is 3.60. The van der Waals surface area contributed by atoms with Crippen LogP contribution in [0.5, 0.6) is 11.5 Å². The Labute approximate surface area is 138 Å². The highest BCUT2D eigenvalue weighted by molar-refractivity contribution is 5.69. The normalized spacial score (nSPS) is 13.9. The molecule has 1 fully saturated rings. The number of rotatable bonds is 5. The minimum absolute atomic E-state index is 0.162. The molecule has 0 spiro atoms. The summed E-state index contributed by atoms with van der Waals surface area (Å²) in [5.41, 5.74) is 2.32. The van der Waals surface area contributed by atoms with Gasteiger partial charge < -0.3 is 14.4 Å². The van der Waals surface area contributed by atoms with E-state index in [4.69, 9.17) is 14.4 Å².